The maximum absolute atomic E-state index is 10.9. The summed E-state index contributed by atoms with van der Waals surface area (Å²) in [6, 6.07) is 0. The number of sulfone groups is 1. The van der Waals surface area contributed by atoms with E-state index in [2.05, 4.69) is 129 Å². The molecule has 1 unspecified atom stereocenters. The Bertz CT molecular complexity index is 2080. The van der Waals surface area contributed by atoms with Gasteiger partial charge >= 0.3 is 0 Å². The lowest BCUT2D eigenvalue weighted by molar-refractivity contribution is -0.119. The number of amidine groups is 1. The molecule has 0 saturated carbocycles. The van der Waals surface area contributed by atoms with E-state index in [4.69, 9.17) is 9.92 Å². The van der Waals surface area contributed by atoms with Crippen molar-refractivity contribution < 1.29 is 37.3 Å². The van der Waals surface area contributed by atoms with E-state index in [9.17, 15) is 27.4 Å². The largest absolute Gasteiger partial charge is 0.450 e. The number of Topliss-reactive ketones (excluding diaryl/α,β-unsaturated/α-hetero) is 3. The number of carbonyl (C=O) groups excluding carboxylic acids is 3. The number of hydrogen-bond acceptors (Lipinski definition) is 16. The van der Waals surface area contributed by atoms with Crippen LogP contribution < -0.4 is 0 Å². The minimum atomic E-state index is -2.79. The molecule has 0 spiro atoms. The predicted octanol–water partition coefficient (Wildman–Crippen LogP) is 10.4. The van der Waals surface area contributed by atoms with Crippen LogP contribution in [0.3, 0.4) is 0 Å². The molecule has 2 aromatic rings. The van der Waals surface area contributed by atoms with Crippen LogP contribution in [0.1, 0.15) is 191 Å². The number of ketones is 3. The van der Waals surface area contributed by atoms with E-state index in [1.165, 1.54) is 31.6 Å². The molecule has 19 nitrogen and oxygen atoms in total. The van der Waals surface area contributed by atoms with Gasteiger partial charge in [-0.2, -0.15) is 9.91 Å². The molecule has 1 aliphatic rings. The Morgan fingerprint density at radius 2 is 1.11 bits per heavy atom. The number of rotatable bonds is 10. The van der Waals surface area contributed by atoms with Crippen LogP contribution in [0.15, 0.2) is 15.2 Å². The van der Waals surface area contributed by atoms with Crippen molar-refractivity contribution in [3.05, 3.63) is 11.6 Å². The zero-order chi connectivity index (χ0) is 57.4. The van der Waals surface area contributed by atoms with E-state index in [0.29, 0.717) is 25.1 Å². The Hall–Kier alpha value is -3.42. The third-order valence-electron chi connectivity index (χ3n) is 7.90. The van der Waals surface area contributed by atoms with Crippen molar-refractivity contribution in [3.63, 3.8) is 0 Å². The van der Waals surface area contributed by atoms with E-state index < -0.39 is 17.2 Å². The summed E-state index contributed by atoms with van der Waals surface area (Å²) in [6.07, 6.45) is 4.82. The lowest BCUT2D eigenvalue weighted by Gasteiger charge is -2.19. The van der Waals surface area contributed by atoms with E-state index in [1.807, 2.05) is 62.3 Å². The molecule has 414 valence electrons. The van der Waals surface area contributed by atoms with Gasteiger partial charge in [-0.05, 0) is 74.2 Å². The molecule has 0 saturated heterocycles. The van der Waals surface area contributed by atoms with E-state index in [-0.39, 0.29) is 80.9 Å². The fraction of sp³-hybridized carbons (Fsp3) is 0.878. The Balaban J connectivity index is -0.000000375. The molecule has 0 aromatic carbocycles. The number of nitrogens with zero attached hydrogens (tertiary/aromatic N) is 11. The number of tetrazole rings is 2. The molecule has 1 atom stereocenters. The average Bonchev–Trinajstić information content (AvgIpc) is 3.79. The van der Waals surface area contributed by atoms with Gasteiger partial charge in [0.1, 0.15) is 34.5 Å². The van der Waals surface area contributed by atoms with Crippen molar-refractivity contribution in [1.29, 1.82) is 0 Å². The van der Waals surface area contributed by atoms with Crippen LogP contribution in [0, 0.1) is 32.5 Å². The standard InChI is InChI=1S/2C9H16N4O.C7H13N3.C7H14O.C6H15O2P.C6H14O2S.C5H13BO/c1-7(14)6-13-8(10-11-12-13)5-9(2,3)4;1-7(14)6-13-11-8(10-12-13)5-9(2,3)4;1-7(2,3)4-6-8-5-9-10-6;1-6(8)5-7(2,3)4;2*1-6(2,3)5-9(4,7)8;1-5(2,3)6(4)7/h2*5-6H2,1-4H3;4-5H2,1-3H3;5H2,1-4H3;5H2,1-4H3,(H,7,8);5H2,1-4H3;7H,1-4H3. The van der Waals surface area contributed by atoms with E-state index in [0.717, 1.165) is 30.9 Å². The van der Waals surface area contributed by atoms with Crippen LogP contribution in [0.5, 0.6) is 0 Å². The van der Waals surface area contributed by atoms with Crippen LogP contribution in [-0.4, -0.2) is 120 Å². The van der Waals surface area contributed by atoms with Crippen molar-refractivity contribution >= 4 is 47.3 Å². The van der Waals surface area contributed by atoms with E-state index in [1.54, 1.807) is 18.4 Å². The molecular formula is C49H101BN11O8PS. The zero-order valence-corrected chi connectivity index (χ0v) is 51.3. The summed E-state index contributed by atoms with van der Waals surface area (Å²) in [5.41, 5.74) is 0.591. The van der Waals surface area contributed by atoms with Crippen molar-refractivity contribution in [3.8, 4) is 0 Å². The predicted molar refractivity (Wildman–Crippen MR) is 292 cm³/mol. The summed E-state index contributed by atoms with van der Waals surface area (Å²) in [5, 5.41) is 39.6. The van der Waals surface area contributed by atoms with Crippen molar-refractivity contribution in [2.24, 2.45) is 47.7 Å². The number of hydrogen-bond donors (Lipinski definition) is 2. The van der Waals surface area contributed by atoms with Gasteiger partial charge < -0.3 is 14.7 Å². The SMILES string of the molecule is CB(O)C(C)(C)C.CC(=O)CC(C)(C)C.CC(=O)Cn1nnc(CC(C)(C)C)n1.CC(=O)Cn1nnnc1CC(C)(C)C.CC(C)(C)CC1=NCN=N1.CC(C)(C)CP(C)(=O)O.CC(C)(C)CS(C)(=O)=O. The highest BCUT2D eigenvalue weighted by Gasteiger charge is 2.23. The molecule has 2 aromatic heterocycles. The molecule has 3 rings (SSSR count). The normalized spacial score (nSPS) is 13.7. The van der Waals surface area contributed by atoms with E-state index >= 15 is 0 Å². The van der Waals surface area contributed by atoms with Crippen LogP contribution >= 0.6 is 7.37 Å². The first-order valence-corrected chi connectivity index (χ1v) is 28.5. The Morgan fingerprint density at radius 1 is 0.662 bits per heavy atom. The summed E-state index contributed by atoms with van der Waals surface area (Å²) in [4.78, 5) is 46.5. The molecule has 3 heterocycles. The van der Waals surface area contributed by atoms with Gasteiger partial charge in [-0.3, -0.25) is 14.2 Å². The first-order valence-electron chi connectivity index (χ1n) is 24.2. The maximum Gasteiger partial charge on any atom is 0.291 e. The minimum Gasteiger partial charge on any atom is -0.450 e. The van der Waals surface area contributed by atoms with Crippen molar-refractivity contribution in [2.45, 2.75) is 217 Å². The Labute approximate surface area is 431 Å². The number of aromatic nitrogens is 8. The molecular weight excluding hydrogens is 944 g/mol. The molecule has 2 N–H and O–H groups in total. The number of azo groups is 1. The van der Waals surface area contributed by atoms with Gasteiger partial charge in [0.2, 0.25) is 0 Å². The molecule has 0 amide bonds. The monoisotopic (exact) mass is 1050 g/mol. The quantitative estimate of drug-likeness (QED) is 0.166. The molecule has 71 heavy (non-hydrogen) atoms. The van der Waals surface area contributed by atoms with Gasteiger partial charge in [0.25, 0.3) is 6.92 Å². The summed E-state index contributed by atoms with van der Waals surface area (Å²) in [7, 11) is -5.57. The minimum absolute atomic E-state index is 0.0287. The second kappa shape index (κ2) is 31.3. The zero-order valence-electron chi connectivity index (χ0n) is 49.6. The summed E-state index contributed by atoms with van der Waals surface area (Å²) in [5.74, 6) is 2.99. The van der Waals surface area contributed by atoms with Gasteiger partial charge in [0.15, 0.2) is 37.3 Å². The fourth-order valence-electron chi connectivity index (χ4n) is 5.48. The third-order valence-corrected chi connectivity index (χ3v) is 10.8. The molecule has 0 radical (unpaired) electrons. The molecule has 1 aliphatic heterocycles. The maximum atomic E-state index is 10.9. The lowest BCUT2D eigenvalue weighted by atomic mass is 9.50. The number of carbonyl (C=O) groups is 3. The van der Waals surface area contributed by atoms with Gasteiger partial charge in [0, 0.05) is 44.8 Å². The second-order valence-electron chi connectivity index (χ2n) is 26.9. The first-order chi connectivity index (χ1) is 31.1. The van der Waals surface area contributed by atoms with Crippen LogP contribution in [-0.2, 0) is 54.7 Å². The van der Waals surface area contributed by atoms with Crippen molar-refractivity contribution in [2.75, 3.05) is 31.5 Å². The van der Waals surface area contributed by atoms with Crippen LogP contribution in [0.25, 0.3) is 0 Å². The highest BCUT2D eigenvalue weighted by molar-refractivity contribution is 7.90. The third kappa shape index (κ3) is 59.0. The lowest BCUT2D eigenvalue weighted by Crippen LogP contribution is -2.20. The molecule has 0 bridgehead atoms. The molecule has 22 heteroatoms. The Kier molecular flexibility index (Phi) is 32.7. The van der Waals surface area contributed by atoms with Crippen LogP contribution in [0.2, 0.25) is 12.1 Å². The molecule has 0 fully saturated rings. The molecule has 0 aliphatic carbocycles. The smallest absolute Gasteiger partial charge is 0.291 e. The second-order valence-corrected chi connectivity index (χ2v) is 31.5. The summed E-state index contributed by atoms with van der Waals surface area (Å²) in [6.45, 7) is 51.7. The van der Waals surface area contributed by atoms with Crippen LogP contribution in [0.4, 0.5) is 0 Å². The topological polar surface area (TPSA) is 267 Å². The van der Waals surface area contributed by atoms with Gasteiger partial charge in [-0.25, -0.2) is 18.1 Å². The summed E-state index contributed by atoms with van der Waals surface area (Å²) < 4.78 is 33.6. The average molecular weight is 1050 g/mol. The fourth-order valence-corrected chi connectivity index (χ4v) is 8.82. The van der Waals surface area contributed by atoms with Gasteiger partial charge in [0.05, 0.1) is 5.75 Å². The van der Waals surface area contributed by atoms with Crippen molar-refractivity contribution in [1.82, 2.24) is 40.4 Å². The van der Waals surface area contributed by atoms with Gasteiger partial charge in [-0.1, -0.05) is 152 Å². The first kappa shape index (κ1) is 74.1. The highest BCUT2D eigenvalue weighted by Crippen LogP contribution is 2.41. The summed E-state index contributed by atoms with van der Waals surface area (Å²) >= 11 is 0. The van der Waals surface area contributed by atoms with Gasteiger partial charge in [-0.15, -0.1) is 20.4 Å². The Morgan fingerprint density at radius 3 is 1.37 bits per heavy atom. The number of aliphatic imine (C=N–C) groups is 1. The highest BCUT2D eigenvalue weighted by atomic mass is 32.2.